The maximum absolute atomic E-state index is 13.8. The zero-order valence-electron chi connectivity index (χ0n) is 22.7. The second-order valence-electron chi connectivity index (χ2n) is 9.02. The monoisotopic (exact) mass is 552 g/mol. The Morgan fingerprint density at radius 3 is 2.70 bits per heavy atom. The first-order valence-corrected chi connectivity index (χ1v) is 13.2. The van der Waals surface area contributed by atoms with E-state index in [4.69, 9.17) is 22.3 Å². The maximum Gasteiger partial charge on any atom is 0.267 e. The number of rotatable bonds is 7. The topological polar surface area (TPSA) is 116 Å². The molecule has 9 heteroatoms. The van der Waals surface area contributed by atoms with Crippen molar-refractivity contribution in [1.29, 1.82) is 0 Å². The summed E-state index contributed by atoms with van der Waals surface area (Å²) in [6.07, 6.45) is 7.58. The van der Waals surface area contributed by atoms with Crippen LogP contribution in [0.4, 0.5) is 11.6 Å². The molecule has 2 heterocycles. The molecule has 0 radical (unpaired) electrons. The Morgan fingerprint density at radius 2 is 1.98 bits per heavy atom. The number of benzene rings is 2. The van der Waals surface area contributed by atoms with Crippen LogP contribution in [0.5, 0.6) is 0 Å². The normalized spacial score (nSPS) is 12.3. The Balaban J connectivity index is 1.83. The van der Waals surface area contributed by atoms with E-state index >= 15 is 0 Å². The first-order valence-electron chi connectivity index (χ1n) is 12.8. The number of nitrogens with two attached hydrogens (primary N) is 1. The molecule has 0 saturated heterocycles. The first-order chi connectivity index (χ1) is 19.2. The minimum absolute atomic E-state index is 0.0486. The molecule has 0 fully saturated rings. The van der Waals surface area contributed by atoms with Crippen molar-refractivity contribution >= 4 is 45.6 Å². The molecule has 40 heavy (non-hydrogen) atoms. The minimum atomic E-state index is -0.493. The lowest BCUT2D eigenvalue weighted by Crippen LogP contribution is -2.28. The average molecular weight is 553 g/mol. The molecule has 0 spiro atoms. The van der Waals surface area contributed by atoms with Crippen LogP contribution in [0.25, 0.3) is 16.6 Å². The number of fused-ring (bicyclic) bond motifs is 1. The number of aromatic nitrogens is 4. The molecule has 2 aromatic heterocycles. The van der Waals surface area contributed by atoms with Crippen LogP contribution in [0.2, 0.25) is 5.02 Å². The van der Waals surface area contributed by atoms with Gasteiger partial charge in [-0.15, -0.1) is 0 Å². The standard InChI is InChI=1S/C31H29ClN6O2/c1-5-7-12-23(6-2)38-30(37-26-14-9-13-25(32)27(26)31(38)40)19(3)36-29-24(28(33)34-18-35-29)16-15-21-10-8-11-22(17-21)20(4)39/h5,7-14,17-19H,6H2,1-4H3,(H3,33,34,35,36)/b7-5-,23-12+. The van der Waals surface area contributed by atoms with Gasteiger partial charge in [-0.3, -0.25) is 14.2 Å². The number of nitrogens with one attached hydrogen (secondary N) is 1. The zero-order valence-corrected chi connectivity index (χ0v) is 23.5. The smallest absolute Gasteiger partial charge is 0.267 e. The zero-order chi connectivity index (χ0) is 28.8. The first kappa shape index (κ1) is 28.3. The van der Waals surface area contributed by atoms with Crippen LogP contribution in [0, 0.1) is 11.8 Å². The second kappa shape index (κ2) is 12.4. The third-order valence-electron chi connectivity index (χ3n) is 6.22. The predicted octanol–water partition coefficient (Wildman–Crippen LogP) is 6.02. The number of nitrogens with zero attached hydrogens (tertiary/aromatic N) is 4. The van der Waals surface area contributed by atoms with Crippen molar-refractivity contribution in [1.82, 2.24) is 19.5 Å². The molecule has 1 atom stereocenters. The fourth-order valence-corrected chi connectivity index (χ4v) is 4.44. The third-order valence-corrected chi connectivity index (χ3v) is 6.54. The Bertz CT molecular complexity index is 1780. The van der Waals surface area contributed by atoms with Gasteiger partial charge in [-0.25, -0.2) is 15.0 Å². The molecule has 3 N–H and O–H groups in total. The summed E-state index contributed by atoms with van der Waals surface area (Å²) in [5.41, 5.74) is 8.79. The fraction of sp³-hybridized carbons (Fsp3) is 0.194. The van der Waals surface area contributed by atoms with E-state index < -0.39 is 6.04 Å². The third kappa shape index (κ3) is 5.95. The Labute approximate surface area is 237 Å². The summed E-state index contributed by atoms with van der Waals surface area (Å²) in [5.74, 6) is 7.10. The molecule has 0 aliphatic carbocycles. The second-order valence-corrected chi connectivity index (χ2v) is 9.42. The minimum Gasteiger partial charge on any atom is -0.382 e. The highest BCUT2D eigenvalue weighted by molar-refractivity contribution is 6.35. The molecule has 4 rings (SSSR count). The van der Waals surface area contributed by atoms with Gasteiger partial charge in [0, 0.05) is 16.8 Å². The summed E-state index contributed by atoms with van der Waals surface area (Å²) in [6.45, 7) is 7.26. The van der Waals surface area contributed by atoms with E-state index in [1.165, 1.54) is 13.3 Å². The molecular weight excluding hydrogens is 524 g/mol. The maximum atomic E-state index is 13.8. The highest BCUT2D eigenvalue weighted by Gasteiger charge is 2.21. The molecular formula is C31H29ClN6O2. The summed E-state index contributed by atoms with van der Waals surface area (Å²) >= 11 is 6.43. The molecule has 0 aliphatic heterocycles. The van der Waals surface area contributed by atoms with Gasteiger partial charge >= 0.3 is 0 Å². The van der Waals surface area contributed by atoms with Crippen molar-refractivity contribution in [2.24, 2.45) is 0 Å². The van der Waals surface area contributed by atoms with Gasteiger partial charge < -0.3 is 11.1 Å². The van der Waals surface area contributed by atoms with Gasteiger partial charge in [0.2, 0.25) is 0 Å². The number of hydrogen-bond acceptors (Lipinski definition) is 7. The number of Topliss-reactive ketones (excluding diaryl/α,β-unsaturated/α-hetero) is 1. The van der Waals surface area contributed by atoms with Crippen molar-refractivity contribution in [2.45, 2.75) is 40.2 Å². The van der Waals surface area contributed by atoms with Gasteiger partial charge in [0.1, 0.15) is 29.4 Å². The molecule has 8 nitrogen and oxygen atoms in total. The molecule has 202 valence electrons. The average Bonchev–Trinajstić information content (AvgIpc) is 2.94. The molecule has 4 aromatic rings. The van der Waals surface area contributed by atoms with Gasteiger partial charge in [-0.2, -0.15) is 0 Å². The lowest BCUT2D eigenvalue weighted by molar-refractivity contribution is 0.101. The molecule has 0 aliphatic rings. The van der Waals surface area contributed by atoms with Crippen molar-refractivity contribution in [2.75, 3.05) is 11.1 Å². The Morgan fingerprint density at radius 1 is 1.20 bits per heavy atom. The highest BCUT2D eigenvalue weighted by atomic mass is 35.5. The molecule has 2 aromatic carbocycles. The van der Waals surface area contributed by atoms with E-state index in [-0.39, 0.29) is 17.2 Å². The fourth-order valence-electron chi connectivity index (χ4n) is 4.18. The van der Waals surface area contributed by atoms with Crippen molar-refractivity contribution in [3.63, 3.8) is 0 Å². The van der Waals surface area contributed by atoms with Crippen molar-refractivity contribution in [3.05, 3.63) is 105 Å². The van der Waals surface area contributed by atoms with E-state index in [0.717, 1.165) is 5.70 Å². The largest absolute Gasteiger partial charge is 0.382 e. The van der Waals surface area contributed by atoms with Crippen LogP contribution in [0.1, 0.15) is 67.5 Å². The van der Waals surface area contributed by atoms with Gasteiger partial charge in [-0.1, -0.05) is 60.7 Å². The predicted molar refractivity (Wildman–Crippen MR) is 161 cm³/mol. The van der Waals surface area contributed by atoms with E-state index in [0.29, 0.717) is 50.7 Å². The number of allylic oxidation sites excluding steroid dienone is 4. The van der Waals surface area contributed by atoms with Crippen LogP contribution in [0.15, 0.2) is 71.8 Å². The van der Waals surface area contributed by atoms with Gasteiger partial charge in [0.25, 0.3) is 5.56 Å². The quantitative estimate of drug-likeness (QED) is 0.163. The highest BCUT2D eigenvalue weighted by Crippen LogP contribution is 2.26. The number of anilines is 2. The van der Waals surface area contributed by atoms with E-state index in [2.05, 4.69) is 27.1 Å². The van der Waals surface area contributed by atoms with Crippen molar-refractivity contribution < 1.29 is 4.79 Å². The van der Waals surface area contributed by atoms with E-state index in [1.807, 2.05) is 39.0 Å². The SMILES string of the molecule is C/C=C\C=C(/CC)n1c(C(C)Nc2ncnc(N)c2C#Cc2cccc(C(C)=O)c2)nc2cccc(Cl)c2c1=O. The van der Waals surface area contributed by atoms with Gasteiger partial charge in [0.05, 0.1) is 22.0 Å². The van der Waals surface area contributed by atoms with E-state index in [1.54, 1.807) is 47.0 Å². The van der Waals surface area contributed by atoms with Crippen molar-refractivity contribution in [3.8, 4) is 11.8 Å². The number of carbonyl (C=O) groups excluding carboxylic acids is 1. The molecule has 0 amide bonds. The summed E-state index contributed by atoms with van der Waals surface area (Å²) in [5, 5.41) is 4.02. The lowest BCUT2D eigenvalue weighted by Gasteiger charge is -2.22. The number of nitrogen functional groups attached to an aromatic ring is 1. The van der Waals surface area contributed by atoms with Crippen LogP contribution in [-0.2, 0) is 0 Å². The van der Waals surface area contributed by atoms with Crippen LogP contribution < -0.4 is 16.6 Å². The summed E-state index contributed by atoms with van der Waals surface area (Å²) in [7, 11) is 0. The number of hydrogen-bond donors (Lipinski definition) is 2. The molecule has 0 bridgehead atoms. The van der Waals surface area contributed by atoms with Crippen LogP contribution in [-0.4, -0.2) is 25.3 Å². The van der Waals surface area contributed by atoms with Gasteiger partial charge in [0.15, 0.2) is 5.78 Å². The summed E-state index contributed by atoms with van der Waals surface area (Å²) in [6, 6.07) is 11.8. The number of carbonyl (C=O) groups is 1. The lowest BCUT2D eigenvalue weighted by atomic mass is 10.1. The summed E-state index contributed by atoms with van der Waals surface area (Å²) in [4.78, 5) is 38.9. The number of halogens is 1. The number of ketones is 1. The van der Waals surface area contributed by atoms with Crippen LogP contribution >= 0.6 is 11.6 Å². The molecule has 0 saturated carbocycles. The molecule has 1 unspecified atom stereocenters. The van der Waals surface area contributed by atoms with Crippen LogP contribution in [0.3, 0.4) is 0 Å². The Kier molecular flexibility index (Phi) is 8.77. The Hall–Kier alpha value is -4.74. The summed E-state index contributed by atoms with van der Waals surface area (Å²) < 4.78 is 1.59. The van der Waals surface area contributed by atoms with Gasteiger partial charge in [-0.05, 0) is 57.5 Å². The van der Waals surface area contributed by atoms with E-state index in [9.17, 15) is 9.59 Å².